The van der Waals surface area contributed by atoms with Crippen LogP contribution in [0.4, 0.5) is 0 Å². The zero-order chi connectivity index (χ0) is 18.0. The molecule has 0 radical (unpaired) electrons. The number of hydrogen-bond acceptors (Lipinski definition) is 3. The topological polar surface area (TPSA) is 57.9 Å². The molecule has 124 valence electrons. The van der Waals surface area contributed by atoms with Crippen molar-refractivity contribution in [3.63, 3.8) is 0 Å². The van der Waals surface area contributed by atoms with Crippen molar-refractivity contribution in [1.82, 2.24) is 0 Å². The van der Waals surface area contributed by atoms with Gasteiger partial charge in [0.1, 0.15) is 11.0 Å². The van der Waals surface area contributed by atoms with Gasteiger partial charge in [-0.1, -0.05) is 58.4 Å². The maximum atomic E-state index is 12.9. The van der Waals surface area contributed by atoms with Gasteiger partial charge in [0.2, 0.25) is 9.84 Å². The van der Waals surface area contributed by atoms with Crippen LogP contribution in [-0.2, 0) is 9.84 Å². The highest BCUT2D eigenvalue weighted by atomic mass is 79.9. The Labute approximate surface area is 162 Å². The van der Waals surface area contributed by atoms with Crippen LogP contribution in [0.15, 0.2) is 79.4 Å². The molecule has 0 amide bonds. The van der Waals surface area contributed by atoms with Gasteiger partial charge in [-0.3, -0.25) is 0 Å². The van der Waals surface area contributed by atoms with Crippen molar-refractivity contribution >= 4 is 58.5 Å². The average molecular weight is 477 g/mol. The Morgan fingerprint density at radius 2 is 1.72 bits per heavy atom. The maximum Gasteiger partial charge on any atom is 0.217 e. The van der Waals surface area contributed by atoms with E-state index in [2.05, 4.69) is 31.9 Å². The van der Waals surface area contributed by atoms with Gasteiger partial charge in [0.15, 0.2) is 0 Å². The third kappa shape index (κ3) is 3.54. The van der Waals surface area contributed by atoms with Gasteiger partial charge in [0.25, 0.3) is 0 Å². The first-order valence-corrected chi connectivity index (χ1v) is 10.3. The first-order valence-electron chi connectivity index (χ1n) is 7.23. The van der Waals surface area contributed by atoms with Crippen molar-refractivity contribution in [2.24, 2.45) is 0 Å². The van der Waals surface area contributed by atoms with Crippen molar-refractivity contribution in [2.75, 3.05) is 0 Å². The summed E-state index contributed by atoms with van der Waals surface area (Å²) >= 11 is 6.52. The molecule has 0 aliphatic carbocycles. The van der Waals surface area contributed by atoms with Crippen molar-refractivity contribution in [3.05, 3.63) is 80.1 Å². The van der Waals surface area contributed by atoms with E-state index in [4.69, 9.17) is 0 Å². The van der Waals surface area contributed by atoms with Gasteiger partial charge in [0, 0.05) is 8.95 Å². The quantitative estimate of drug-likeness (QED) is 0.455. The Kier molecular flexibility index (Phi) is 5.09. The molecule has 0 aromatic heterocycles. The summed E-state index contributed by atoms with van der Waals surface area (Å²) in [6.45, 7) is 0. The minimum absolute atomic E-state index is 0.0508. The zero-order valence-corrected chi connectivity index (χ0v) is 16.8. The summed E-state index contributed by atoms with van der Waals surface area (Å²) in [5.41, 5.74) is 0.685. The predicted molar refractivity (Wildman–Crippen MR) is 107 cm³/mol. The standard InChI is InChI=1S/C19H11Br2NO2S/c20-15-8-9-18(21)19(11-15)25(23,24)16(12-22)10-14-6-3-5-13-4-1-2-7-17(13)14/h1-11H/b16-10+. The van der Waals surface area contributed by atoms with Crippen LogP contribution in [0.3, 0.4) is 0 Å². The van der Waals surface area contributed by atoms with Gasteiger partial charge in [0.05, 0.1) is 4.90 Å². The number of benzene rings is 3. The van der Waals surface area contributed by atoms with Gasteiger partial charge >= 0.3 is 0 Å². The minimum Gasteiger partial charge on any atom is -0.218 e. The molecule has 0 saturated carbocycles. The van der Waals surface area contributed by atoms with Gasteiger partial charge in [-0.25, -0.2) is 8.42 Å². The summed E-state index contributed by atoms with van der Waals surface area (Å²) in [7, 11) is -3.95. The second kappa shape index (κ2) is 7.12. The van der Waals surface area contributed by atoms with Crippen LogP contribution < -0.4 is 0 Å². The highest BCUT2D eigenvalue weighted by molar-refractivity contribution is 9.11. The number of fused-ring (bicyclic) bond motifs is 1. The molecule has 25 heavy (non-hydrogen) atoms. The number of allylic oxidation sites excluding steroid dienone is 1. The van der Waals surface area contributed by atoms with Gasteiger partial charge in [-0.2, -0.15) is 5.26 Å². The van der Waals surface area contributed by atoms with Gasteiger partial charge < -0.3 is 0 Å². The summed E-state index contributed by atoms with van der Waals surface area (Å²) < 4.78 is 26.9. The Balaban J connectivity index is 2.21. The second-order valence-electron chi connectivity index (χ2n) is 5.27. The van der Waals surface area contributed by atoms with E-state index in [1.807, 2.05) is 42.5 Å². The summed E-state index contributed by atoms with van der Waals surface area (Å²) in [5.74, 6) is 0. The molecule has 3 rings (SSSR count). The van der Waals surface area contributed by atoms with Crippen LogP contribution in [0.5, 0.6) is 0 Å². The van der Waals surface area contributed by atoms with Crippen LogP contribution in [0.2, 0.25) is 0 Å². The van der Waals surface area contributed by atoms with E-state index in [1.54, 1.807) is 18.2 Å². The van der Waals surface area contributed by atoms with E-state index in [0.29, 0.717) is 14.5 Å². The molecule has 0 heterocycles. The Morgan fingerprint density at radius 1 is 1.00 bits per heavy atom. The normalized spacial score (nSPS) is 12.1. The molecule has 0 aliphatic heterocycles. The number of nitrogens with zero attached hydrogens (tertiary/aromatic N) is 1. The van der Waals surface area contributed by atoms with Crippen molar-refractivity contribution < 1.29 is 8.42 Å². The monoisotopic (exact) mass is 475 g/mol. The lowest BCUT2D eigenvalue weighted by molar-refractivity contribution is 0.603. The van der Waals surface area contributed by atoms with Crippen LogP contribution in [0.1, 0.15) is 5.56 Å². The van der Waals surface area contributed by atoms with E-state index >= 15 is 0 Å². The molecule has 0 bridgehead atoms. The Morgan fingerprint density at radius 3 is 2.48 bits per heavy atom. The number of halogens is 2. The summed E-state index contributed by atoms with van der Waals surface area (Å²) in [6, 6.07) is 19.9. The van der Waals surface area contributed by atoms with Crippen molar-refractivity contribution in [1.29, 1.82) is 5.26 Å². The van der Waals surface area contributed by atoms with E-state index in [1.165, 1.54) is 12.1 Å². The minimum atomic E-state index is -3.95. The van der Waals surface area contributed by atoms with E-state index < -0.39 is 9.84 Å². The fraction of sp³-hybridized carbons (Fsp3) is 0. The lowest BCUT2D eigenvalue weighted by atomic mass is 10.0. The summed E-state index contributed by atoms with van der Waals surface area (Å²) in [5, 5.41) is 11.4. The van der Waals surface area contributed by atoms with Crippen molar-refractivity contribution in [3.8, 4) is 6.07 Å². The van der Waals surface area contributed by atoms with Gasteiger partial charge in [-0.05, 0) is 56.5 Å². The Hall–Kier alpha value is -1.94. The highest BCUT2D eigenvalue weighted by Gasteiger charge is 2.24. The molecule has 3 aromatic rings. The zero-order valence-electron chi connectivity index (χ0n) is 12.8. The Bertz CT molecular complexity index is 1140. The molecule has 0 spiro atoms. The van der Waals surface area contributed by atoms with Crippen LogP contribution in [0, 0.1) is 11.3 Å². The molecule has 3 aromatic carbocycles. The number of sulfone groups is 1. The fourth-order valence-electron chi connectivity index (χ4n) is 2.49. The maximum absolute atomic E-state index is 12.9. The SMILES string of the molecule is N#C/C(=C\c1cccc2ccccc12)S(=O)(=O)c1cc(Br)ccc1Br. The second-order valence-corrected chi connectivity index (χ2v) is 8.92. The molecule has 3 nitrogen and oxygen atoms in total. The first-order chi connectivity index (χ1) is 11.9. The van der Waals surface area contributed by atoms with Crippen LogP contribution in [0.25, 0.3) is 16.8 Å². The van der Waals surface area contributed by atoms with Crippen LogP contribution >= 0.6 is 31.9 Å². The molecular weight excluding hydrogens is 466 g/mol. The van der Waals surface area contributed by atoms with E-state index in [9.17, 15) is 13.7 Å². The molecule has 6 heteroatoms. The van der Waals surface area contributed by atoms with Crippen molar-refractivity contribution in [2.45, 2.75) is 4.90 Å². The molecule has 0 atom stereocenters. The fourth-order valence-corrected chi connectivity index (χ4v) is 5.13. The predicted octanol–water partition coefficient (Wildman–Crippen LogP) is 5.70. The molecule has 0 unspecified atom stereocenters. The van der Waals surface area contributed by atoms with E-state index in [-0.39, 0.29) is 9.80 Å². The molecule has 0 aliphatic rings. The number of rotatable bonds is 3. The number of hydrogen-bond donors (Lipinski definition) is 0. The lowest BCUT2D eigenvalue weighted by Crippen LogP contribution is -2.04. The molecular formula is C19H11Br2NO2S. The molecule has 0 saturated heterocycles. The summed E-state index contributed by atoms with van der Waals surface area (Å²) in [6.07, 6.45) is 1.42. The lowest BCUT2D eigenvalue weighted by Gasteiger charge is -2.07. The third-order valence-corrected chi connectivity index (χ3v) is 6.84. The third-order valence-electron chi connectivity index (χ3n) is 3.69. The van der Waals surface area contributed by atoms with Crippen LogP contribution in [-0.4, -0.2) is 8.42 Å². The molecule has 0 fully saturated rings. The van der Waals surface area contributed by atoms with Gasteiger partial charge in [-0.15, -0.1) is 0 Å². The smallest absolute Gasteiger partial charge is 0.217 e. The molecule has 0 N–H and O–H groups in total. The highest BCUT2D eigenvalue weighted by Crippen LogP contribution is 2.31. The number of nitriles is 1. The summed E-state index contributed by atoms with van der Waals surface area (Å²) in [4.78, 5) is -0.252. The van der Waals surface area contributed by atoms with E-state index in [0.717, 1.165) is 10.8 Å². The largest absolute Gasteiger partial charge is 0.218 e. The first kappa shape index (κ1) is 17.9. The average Bonchev–Trinajstić information content (AvgIpc) is 2.61.